The Kier molecular flexibility index (Phi) is 5.08. The van der Waals surface area contributed by atoms with E-state index in [1.807, 2.05) is 0 Å². The van der Waals surface area contributed by atoms with Crippen LogP contribution in [0.25, 0.3) is 0 Å². The molecule has 5 nitrogen and oxygen atoms in total. The molecule has 0 heterocycles. The Morgan fingerprint density at radius 1 is 1.04 bits per heavy atom. The SMILES string of the molecule is C[C@]12CC[C@H](OC(=O)CCC(=O)[O-])C[C@@H]1CC[C@@H]1[C@H]3CCC(=O)[C@@]3(C)CC[C@@H]12. The lowest BCUT2D eigenvalue weighted by molar-refractivity contribution is -0.305. The van der Waals surface area contributed by atoms with Crippen molar-refractivity contribution >= 4 is 17.7 Å². The summed E-state index contributed by atoms with van der Waals surface area (Å²) in [4.78, 5) is 35.0. The first-order chi connectivity index (χ1) is 13.2. The van der Waals surface area contributed by atoms with E-state index in [0.717, 1.165) is 51.4 Å². The van der Waals surface area contributed by atoms with Gasteiger partial charge in [0.1, 0.15) is 11.9 Å². The molecule has 7 atom stereocenters. The van der Waals surface area contributed by atoms with Crippen molar-refractivity contribution in [1.82, 2.24) is 0 Å². The van der Waals surface area contributed by atoms with Gasteiger partial charge in [-0.05, 0) is 86.9 Å². The van der Waals surface area contributed by atoms with Crippen LogP contribution in [0.1, 0.15) is 84.5 Å². The Hall–Kier alpha value is -1.39. The lowest BCUT2D eigenvalue weighted by atomic mass is 9.45. The fourth-order valence-corrected chi connectivity index (χ4v) is 7.55. The third-order valence-electron chi connectivity index (χ3n) is 9.16. The minimum absolute atomic E-state index is 0.0733. The summed E-state index contributed by atoms with van der Waals surface area (Å²) >= 11 is 0. The van der Waals surface area contributed by atoms with Gasteiger partial charge in [0, 0.05) is 17.8 Å². The van der Waals surface area contributed by atoms with Crippen molar-refractivity contribution in [2.45, 2.75) is 90.6 Å². The fraction of sp³-hybridized carbons (Fsp3) is 0.870. The first-order valence-corrected chi connectivity index (χ1v) is 11.2. The molecule has 0 amide bonds. The lowest BCUT2D eigenvalue weighted by Crippen LogP contribution is -2.54. The molecule has 156 valence electrons. The Bertz CT molecular complexity index is 672. The molecule has 0 saturated heterocycles. The van der Waals surface area contributed by atoms with E-state index >= 15 is 0 Å². The van der Waals surface area contributed by atoms with Crippen LogP contribution in [-0.2, 0) is 19.1 Å². The van der Waals surface area contributed by atoms with Crippen molar-refractivity contribution < 1.29 is 24.2 Å². The highest BCUT2D eigenvalue weighted by molar-refractivity contribution is 5.87. The van der Waals surface area contributed by atoms with E-state index in [9.17, 15) is 19.5 Å². The number of fused-ring (bicyclic) bond motifs is 5. The van der Waals surface area contributed by atoms with Crippen LogP contribution in [0.4, 0.5) is 0 Å². The summed E-state index contributed by atoms with van der Waals surface area (Å²) in [6.45, 7) is 4.67. The number of Topliss-reactive ketones (excluding diaryl/α,β-unsaturated/α-hetero) is 1. The average Bonchev–Trinajstić information content (AvgIpc) is 2.95. The monoisotopic (exact) mass is 389 g/mol. The molecule has 5 heteroatoms. The standard InChI is InChI=1S/C23H34O5/c1-22-11-9-15(28-21(27)8-7-20(25)26)13-14(22)3-4-16-17-5-6-19(24)23(17,2)12-10-18(16)22/h14-18H,3-13H2,1-2H3,(H,25,26)/p-1/t14-,15-,16+,17+,18-,22-,23-/m0/s1. The molecule has 0 N–H and O–H groups in total. The van der Waals surface area contributed by atoms with Crippen LogP contribution in [0.3, 0.4) is 0 Å². The van der Waals surface area contributed by atoms with Crippen LogP contribution in [0.5, 0.6) is 0 Å². The molecule has 4 aliphatic rings. The molecule has 4 aliphatic carbocycles. The Morgan fingerprint density at radius 2 is 1.82 bits per heavy atom. The summed E-state index contributed by atoms with van der Waals surface area (Å²) in [7, 11) is 0. The molecule has 0 bridgehead atoms. The van der Waals surface area contributed by atoms with Crippen LogP contribution in [0.15, 0.2) is 0 Å². The van der Waals surface area contributed by atoms with E-state index in [0.29, 0.717) is 29.5 Å². The fourth-order valence-electron chi connectivity index (χ4n) is 7.55. The van der Waals surface area contributed by atoms with Gasteiger partial charge in [-0.1, -0.05) is 13.8 Å². The summed E-state index contributed by atoms with van der Waals surface area (Å²) < 4.78 is 5.60. The largest absolute Gasteiger partial charge is 0.550 e. The number of carboxylic acids is 1. The molecule has 0 aromatic rings. The van der Waals surface area contributed by atoms with Crippen molar-refractivity contribution in [2.75, 3.05) is 0 Å². The number of carbonyl (C=O) groups is 3. The van der Waals surface area contributed by atoms with Crippen molar-refractivity contribution in [3.05, 3.63) is 0 Å². The molecule has 0 aromatic heterocycles. The third kappa shape index (κ3) is 3.19. The number of carbonyl (C=O) groups excluding carboxylic acids is 3. The average molecular weight is 390 g/mol. The van der Waals surface area contributed by atoms with Crippen LogP contribution in [0.2, 0.25) is 0 Å². The summed E-state index contributed by atoms with van der Waals surface area (Å²) in [5, 5.41) is 10.5. The quantitative estimate of drug-likeness (QED) is 0.690. The Morgan fingerprint density at radius 3 is 2.57 bits per heavy atom. The van der Waals surface area contributed by atoms with Gasteiger partial charge in [0.25, 0.3) is 0 Å². The van der Waals surface area contributed by atoms with Gasteiger partial charge in [-0.15, -0.1) is 0 Å². The highest BCUT2D eigenvalue weighted by atomic mass is 16.5. The van der Waals surface area contributed by atoms with E-state index < -0.39 is 11.9 Å². The maximum absolute atomic E-state index is 12.5. The van der Waals surface area contributed by atoms with Gasteiger partial charge in [-0.25, -0.2) is 0 Å². The molecular weight excluding hydrogens is 356 g/mol. The second-order valence-electron chi connectivity index (χ2n) is 10.3. The lowest BCUT2D eigenvalue weighted by Gasteiger charge is -2.60. The number of ketones is 1. The number of carboxylic acid groups (broad SMARTS) is 1. The number of rotatable bonds is 4. The normalized spacial score (nSPS) is 44.9. The van der Waals surface area contributed by atoms with Crippen molar-refractivity contribution in [3.8, 4) is 0 Å². The molecular formula is C23H33O5-. The smallest absolute Gasteiger partial charge is 0.306 e. The number of esters is 1. The maximum atomic E-state index is 12.5. The Balaban J connectivity index is 1.41. The number of hydrogen-bond donors (Lipinski definition) is 0. The van der Waals surface area contributed by atoms with Gasteiger partial charge in [0.15, 0.2) is 0 Å². The highest BCUT2D eigenvalue weighted by Crippen LogP contribution is 2.65. The van der Waals surface area contributed by atoms with Gasteiger partial charge in [-0.2, -0.15) is 0 Å². The summed E-state index contributed by atoms with van der Waals surface area (Å²) in [6, 6.07) is 0. The molecule has 4 saturated carbocycles. The second-order valence-corrected chi connectivity index (χ2v) is 10.3. The topological polar surface area (TPSA) is 83.5 Å². The van der Waals surface area contributed by atoms with Gasteiger partial charge in [0.05, 0.1) is 6.42 Å². The van der Waals surface area contributed by atoms with Gasteiger partial charge < -0.3 is 14.6 Å². The predicted octanol–water partition coefficient (Wildman–Crippen LogP) is 3.04. The molecule has 0 radical (unpaired) electrons. The van der Waals surface area contributed by atoms with E-state index in [1.54, 1.807) is 0 Å². The molecule has 0 spiro atoms. The zero-order valence-electron chi connectivity index (χ0n) is 17.2. The van der Waals surface area contributed by atoms with E-state index in [2.05, 4.69) is 13.8 Å². The molecule has 0 unspecified atom stereocenters. The molecule has 28 heavy (non-hydrogen) atoms. The van der Waals surface area contributed by atoms with Gasteiger partial charge in [-0.3, -0.25) is 9.59 Å². The highest BCUT2D eigenvalue weighted by Gasteiger charge is 2.60. The first-order valence-electron chi connectivity index (χ1n) is 11.2. The third-order valence-corrected chi connectivity index (χ3v) is 9.16. The van der Waals surface area contributed by atoms with Crippen LogP contribution < -0.4 is 5.11 Å². The van der Waals surface area contributed by atoms with Crippen LogP contribution in [0, 0.1) is 34.5 Å². The van der Waals surface area contributed by atoms with E-state index in [-0.39, 0.29) is 29.8 Å². The minimum Gasteiger partial charge on any atom is -0.550 e. The number of aliphatic carboxylic acids is 1. The zero-order chi connectivity index (χ0) is 20.1. The van der Waals surface area contributed by atoms with Gasteiger partial charge in [0.2, 0.25) is 0 Å². The number of ether oxygens (including phenoxy) is 1. The van der Waals surface area contributed by atoms with E-state index in [1.165, 1.54) is 6.42 Å². The predicted molar refractivity (Wildman–Crippen MR) is 101 cm³/mol. The summed E-state index contributed by atoms with van der Waals surface area (Å²) in [5.74, 6) is 1.36. The first kappa shape index (κ1) is 19.9. The summed E-state index contributed by atoms with van der Waals surface area (Å²) in [6.07, 6.45) is 8.80. The molecule has 0 aliphatic heterocycles. The van der Waals surface area contributed by atoms with E-state index in [4.69, 9.17) is 4.74 Å². The zero-order valence-corrected chi connectivity index (χ0v) is 17.2. The minimum atomic E-state index is -1.21. The summed E-state index contributed by atoms with van der Waals surface area (Å²) in [5.41, 5.74) is 0.208. The Labute approximate surface area is 167 Å². The molecule has 4 fully saturated rings. The van der Waals surface area contributed by atoms with Crippen LogP contribution >= 0.6 is 0 Å². The van der Waals surface area contributed by atoms with Crippen LogP contribution in [-0.4, -0.2) is 23.8 Å². The molecule has 4 rings (SSSR count). The second kappa shape index (κ2) is 7.14. The van der Waals surface area contributed by atoms with Crippen molar-refractivity contribution in [3.63, 3.8) is 0 Å². The van der Waals surface area contributed by atoms with Crippen molar-refractivity contribution in [2.24, 2.45) is 34.5 Å². The van der Waals surface area contributed by atoms with Crippen molar-refractivity contribution in [1.29, 1.82) is 0 Å². The number of hydrogen-bond acceptors (Lipinski definition) is 5. The maximum Gasteiger partial charge on any atom is 0.306 e. The molecule has 0 aromatic carbocycles. The van der Waals surface area contributed by atoms with Gasteiger partial charge >= 0.3 is 5.97 Å².